The molecule has 0 saturated heterocycles. The number of hydrogen-bond donors (Lipinski definition) is 2. The van der Waals surface area contributed by atoms with Gasteiger partial charge in [0.05, 0.1) is 11.1 Å². The number of carboxylic acids is 1. The number of nitrogen functional groups attached to an aromatic ring is 1. The van der Waals surface area contributed by atoms with Gasteiger partial charge in [-0.15, -0.1) is 0 Å². The van der Waals surface area contributed by atoms with Crippen molar-refractivity contribution in [2.75, 3.05) is 5.73 Å². The van der Waals surface area contributed by atoms with Gasteiger partial charge in [-0.1, -0.05) is 30.3 Å². The molecule has 0 aliphatic rings. The van der Waals surface area contributed by atoms with Gasteiger partial charge in [-0.3, -0.25) is 0 Å². The summed E-state index contributed by atoms with van der Waals surface area (Å²) in [6.45, 7) is 0. The minimum Gasteiger partial charge on any atom is -0.478 e. The smallest absolute Gasteiger partial charge is 0.335 e. The number of furan rings is 1. The Bertz CT molecular complexity index is 757. The van der Waals surface area contributed by atoms with Crippen molar-refractivity contribution in [1.82, 2.24) is 0 Å². The Balaban J connectivity index is 2.18. The van der Waals surface area contributed by atoms with Gasteiger partial charge in [0.1, 0.15) is 5.58 Å². The standard InChI is InChI=1S/C15H11NO3/c16-14-13(11-3-1-2-4-12(11)19-14)9-5-7-10(8-6-9)15(17)18/h1-8H,16H2,(H,17,18). The quantitative estimate of drug-likeness (QED) is 0.734. The third kappa shape index (κ3) is 1.83. The van der Waals surface area contributed by atoms with Crippen molar-refractivity contribution >= 4 is 22.8 Å². The molecule has 0 radical (unpaired) electrons. The average molecular weight is 253 g/mol. The molecule has 2 aromatic carbocycles. The van der Waals surface area contributed by atoms with Crippen LogP contribution < -0.4 is 5.73 Å². The first-order valence-corrected chi connectivity index (χ1v) is 5.77. The Morgan fingerprint density at radius 2 is 1.74 bits per heavy atom. The fourth-order valence-corrected chi connectivity index (χ4v) is 2.14. The minimum atomic E-state index is -0.948. The molecule has 0 bridgehead atoms. The van der Waals surface area contributed by atoms with Crippen LogP contribution in [0.2, 0.25) is 0 Å². The summed E-state index contributed by atoms with van der Waals surface area (Å²) in [4.78, 5) is 10.8. The summed E-state index contributed by atoms with van der Waals surface area (Å²) in [5.74, 6) is -0.610. The van der Waals surface area contributed by atoms with Crippen LogP contribution in [0.5, 0.6) is 0 Å². The maximum absolute atomic E-state index is 10.8. The first-order chi connectivity index (χ1) is 9.16. The van der Waals surface area contributed by atoms with Crippen LogP contribution in [0.1, 0.15) is 10.4 Å². The number of fused-ring (bicyclic) bond motifs is 1. The summed E-state index contributed by atoms with van der Waals surface area (Å²) in [6, 6.07) is 14.1. The van der Waals surface area contributed by atoms with E-state index >= 15 is 0 Å². The van der Waals surface area contributed by atoms with Crippen LogP contribution in [-0.2, 0) is 0 Å². The van der Waals surface area contributed by atoms with Gasteiger partial charge in [-0.2, -0.15) is 0 Å². The van der Waals surface area contributed by atoms with Crippen molar-refractivity contribution in [2.45, 2.75) is 0 Å². The van der Waals surface area contributed by atoms with E-state index in [0.717, 1.165) is 22.1 Å². The third-order valence-electron chi connectivity index (χ3n) is 3.04. The van der Waals surface area contributed by atoms with E-state index in [9.17, 15) is 4.79 Å². The van der Waals surface area contributed by atoms with Crippen molar-refractivity contribution < 1.29 is 14.3 Å². The summed E-state index contributed by atoms with van der Waals surface area (Å²) in [7, 11) is 0. The zero-order valence-corrected chi connectivity index (χ0v) is 9.96. The Kier molecular flexibility index (Phi) is 2.49. The number of hydrogen-bond acceptors (Lipinski definition) is 3. The lowest BCUT2D eigenvalue weighted by Gasteiger charge is -2.01. The number of carbonyl (C=O) groups is 1. The molecule has 0 amide bonds. The topological polar surface area (TPSA) is 76.5 Å². The maximum atomic E-state index is 10.8. The van der Waals surface area contributed by atoms with Crippen LogP contribution in [0.15, 0.2) is 52.9 Å². The number of aromatic carboxylic acids is 1. The molecule has 1 aromatic heterocycles. The van der Waals surface area contributed by atoms with Crippen LogP contribution in [0, 0.1) is 0 Å². The van der Waals surface area contributed by atoms with Gasteiger partial charge in [0.25, 0.3) is 0 Å². The number of benzene rings is 2. The lowest BCUT2D eigenvalue weighted by Crippen LogP contribution is -1.95. The van der Waals surface area contributed by atoms with Gasteiger partial charge in [-0.25, -0.2) is 4.79 Å². The number of carboxylic acid groups (broad SMARTS) is 1. The lowest BCUT2D eigenvalue weighted by molar-refractivity contribution is 0.0697. The summed E-state index contributed by atoms with van der Waals surface area (Å²) in [6.07, 6.45) is 0. The molecular formula is C15H11NO3. The van der Waals surface area contributed by atoms with Gasteiger partial charge in [0, 0.05) is 5.39 Å². The maximum Gasteiger partial charge on any atom is 0.335 e. The predicted molar refractivity (Wildman–Crippen MR) is 73.0 cm³/mol. The van der Waals surface area contributed by atoms with Crippen LogP contribution in [-0.4, -0.2) is 11.1 Å². The number of nitrogens with two attached hydrogens (primary N) is 1. The monoisotopic (exact) mass is 253 g/mol. The average Bonchev–Trinajstić information content (AvgIpc) is 2.74. The van der Waals surface area contributed by atoms with Gasteiger partial charge < -0.3 is 15.3 Å². The summed E-state index contributed by atoms with van der Waals surface area (Å²) in [5, 5.41) is 9.81. The number of anilines is 1. The van der Waals surface area contributed by atoms with E-state index < -0.39 is 5.97 Å². The van der Waals surface area contributed by atoms with Crippen LogP contribution in [0.4, 0.5) is 5.88 Å². The molecule has 4 nitrogen and oxygen atoms in total. The van der Waals surface area contributed by atoms with Crippen molar-refractivity contribution in [1.29, 1.82) is 0 Å². The molecule has 3 aromatic rings. The molecule has 3 rings (SSSR count). The molecule has 0 aliphatic heterocycles. The zero-order chi connectivity index (χ0) is 13.4. The van der Waals surface area contributed by atoms with Crippen molar-refractivity contribution in [3.8, 4) is 11.1 Å². The fraction of sp³-hybridized carbons (Fsp3) is 0. The molecule has 0 aliphatic carbocycles. The van der Waals surface area contributed by atoms with E-state index in [1.807, 2.05) is 24.3 Å². The van der Waals surface area contributed by atoms with E-state index in [4.69, 9.17) is 15.3 Å². The zero-order valence-electron chi connectivity index (χ0n) is 9.96. The van der Waals surface area contributed by atoms with Gasteiger partial charge >= 0.3 is 5.97 Å². The summed E-state index contributed by atoms with van der Waals surface area (Å²) in [5.41, 5.74) is 8.50. The Hall–Kier alpha value is -2.75. The van der Waals surface area contributed by atoms with Crippen LogP contribution >= 0.6 is 0 Å². The molecule has 1 heterocycles. The molecule has 4 heteroatoms. The first kappa shape index (κ1) is 11.3. The Morgan fingerprint density at radius 3 is 2.42 bits per heavy atom. The molecule has 3 N–H and O–H groups in total. The SMILES string of the molecule is Nc1oc2ccccc2c1-c1ccc(C(=O)O)cc1. The molecule has 0 fully saturated rings. The summed E-state index contributed by atoms with van der Waals surface area (Å²) >= 11 is 0. The Morgan fingerprint density at radius 1 is 1.05 bits per heavy atom. The second kappa shape index (κ2) is 4.17. The molecule has 0 spiro atoms. The number of rotatable bonds is 2. The highest BCUT2D eigenvalue weighted by molar-refractivity contribution is 6.00. The van der Waals surface area contributed by atoms with Gasteiger partial charge in [-0.05, 0) is 23.8 Å². The highest BCUT2D eigenvalue weighted by Crippen LogP contribution is 2.36. The summed E-state index contributed by atoms with van der Waals surface area (Å²) < 4.78 is 5.49. The van der Waals surface area contributed by atoms with Crippen molar-refractivity contribution in [3.05, 3.63) is 54.1 Å². The minimum absolute atomic E-state index is 0.245. The van der Waals surface area contributed by atoms with Gasteiger partial charge in [0.2, 0.25) is 0 Å². The van der Waals surface area contributed by atoms with E-state index in [2.05, 4.69) is 0 Å². The molecule has 94 valence electrons. The van der Waals surface area contributed by atoms with Crippen molar-refractivity contribution in [2.24, 2.45) is 0 Å². The molecule has 0 unspecified atom stereocenters. The molecule has 19 heavy (non-hydrogen) atoms. The Labute approximate surface area is 109 Å². The normalized spacial score (nSPS) is 10.7. The van der Waals surface area contributed by atoms with E-state index in [1.54, 1.807) is 24.3 Å². The highest BCUT2D eigenvalue weighted by Gasteiger charge is 2.13. The highest BCUT2D eigenvalue weighted by atomic mass is 16.4. The molecule has 0 saturated carbocycles. The first-order valence-electron chi connectivity index (χ1n) is 5.77. The second-order valence-corrected chi connectivity index (χ2v) is 4.22. The second-order valence-electron chi connectivity index (χ2n) is 4.22. The van der Waals surface area contributed by atoms with Crippen molar-refractivity contribution in [3.63, 3.8) is 0 Å². The van der Waals surface area contributed by atoms with Crippen LogP contribution in [0.3, 0.4) is 0 Å². The van der Waals surface area contributed by atoms with E-state index in [0.29, 0.717) is 5.88 Å². The van der Waals surface area contributed by atoms with Crippen LogP contribution in [0.25, 0.3) is 22.1 Å². The lowest BCUT2D eigenvalue weighted by atomic mass is 10.0. The molecule has 0 atom stereocenters. The molecular weight excluding hydrogens is 242 g/mol. The number of para-hydroxylation sites is 1. The predicted octanol–water partition coefficient (Wildman–Crippen LogP) is 3.38. The van der Waals surface area contributed by atoms with E-state index in [-0.39, 0.29) is 5.56 Å². The van der Waals surface area contributed by atoms with Gasteiger partial charge in [0.15, 0.2) is 5.88 Å². The van der Waals surface area contributed by atoms with E-state index in [1.165, 1.54) is 0 Å². The third-order valence-corrected chi connectivity index (χ3v) is 3.04. The largest absolute Gasteiger partial charge is 0.478 e. The fourth-order valence-electron chi connectivity index (χ4n) is 2.14.